The molecule has 0 saturated heterocycles. The lowest BCUT2D eigenvalue weighted by Crippen LogP contribution is -2.37. The van der Waals surface area contributed by atoms with Crippen LogP contribution < -0.4 is 9.64 Å². The molecule has 0 bridgehead atoms. The molecule has 0 aliphatic carbocycles. The minimum atomic E-state index is -0.819. The van der Waals surface area contributed by atoms with E-state index in [0.29, 0.717) is 24.2 Å². The van der Waals surface area contributed by atoms with E-state index in [1.165, 1.54) is 0 Å². The standard InChI is InChI=1S/C24H23NO4/c1-16(26)8-9-17-10-12-20(13-11-17)29-15-19(27)14-25-22-7-3-5-18-4-2-6-21(23(18)22)24(25)28/h2-7,10-13,19,27H,8-9,14-15H2,1H3. The molecule has 0 spiro atoms. The lowest BCUT2D eigenvalue weighted by Gasteiger charge is -2.21. The second-order valence-electron chi connectivity index (χ2n) is 7.41. The number of β-amino-alcohol motifs (C(OH)–C–C–N with tert-alkyl or cyclic N) is 1. The molecule has 0 aromatic heterocycles. The second-order valence-corrected chi connectivity index (χ2v) is 7.41. The fourth-order valence-corrected chi connectivity index (χ4v) is 3.69. The first-order chi connectivity index (χ1) is 14.0. The van der Waals surface area contributed by atoms with Gasteiger partial charge in [0.1, 0.15) is 24.2 Å². The zero-order chi connectivity index (χ0) is 20.4. The summed E-state index contributed by atoms with van der Waals surface area (Å²) in [5, 5.41) is 12.4. The molecule has 0 saturated carbocycles. The molecule has 3 aromatic carbocycles. The Morgan fingerprint density at radius 2 is 1.79 bits per heavy atom. The predicted molar refractivity (Wildman–Crippen MR) is 113 cm³/mol. The molecule has 1 aliphatic rings. The number of ether oxygens (including phenoxy) is 1. The van der Waals surface area contributed by atoms with Crippen molar-refractivity contribution >= 4 is 28.2 Å². The number of hydrogen-bond donors (Lipinski definition) is 1. The van der Waals surface area contributed by atoms with Crippen LogP contribution in [0.2, 0.25) is 0 Å². The van der Waals surface area contributed by atoms with Crippen LogP contribution in [0.3, 0.4) is 0 Å². The summed E-state index contributed by atoms with van der Waals surface area (Å²) in [4.78, 5) is 25.5. The van der Waals surface area contributed by atoms with Gasteiger partial charge in [-0.1, -0.05) is 36.4 Å². The van der Waals surface area contributed by atoms with Crippen molar-refractivity contribution < 1.29 is 19.4 Å². The molecule has 0 fully saturated rings. The fourth-order valence-electron chi connectivity index (χ4n) is 3.69. The van der Waals surface area contributed by atoms with Crippen LogP contribution in [0.1, 0.15) is 29.3 Å². The van der Waals surface area contributed by atoms with E-state index in [2.05, 4.69) is 0 Å². The number of Topliss-reactive ketones (excluding diaryl/α,β-unsaturated/α-hetero) is 1. The number of aliphatic hydroxyl groups excluding tert-OH is 1. The van der Waals surface area contributed by atoms with Crippen LogP contribution in [0, 0.1) is 0 Å². The first-order valence-corrected chi connectivity index (χ1v) is 9.76. The number of ketones is 1. The zero-order valence-corrected chi connectivity index (χ0v) is 16.3. The molecule has 1 atom stereocenters. The lowest BCUT2D eigenvalue weighted by molar-refractivity contribution is -0.116. The minimum absolute atomic E-state index is 0.0862. The number of anilines is 1. The highest BCUT2D eigenvalue weighted by molar-refractivity contribution is 6.25. The van der Waals surface area contributed by atoms with E-state index in [1.54, 1.807) is 11.8 Å². The molecule has 148 valence electrons. The van der Waals surface area contributed by atoms with Crippen molar-refractivity contribution in [1.29, 1.82) is 0 Å². The highest BCUT2D eigenvalue weighted by atomic mass is 16.5. The Balaban J connectivity index is 1.37. The van der Waals surface area contributed by atoms with Gasteiger partial charge < -0.3 is 19.5 Å². The fraction of sp³-hybridized carbons (Fsp3) is 0.250. The largest absolute Gasteiger partial charge is 0.491 e. The van der Waals surface area contributed by atoms with E-state index < -0.39 is 6.10 Å². The Labute approximate surface area is 169 Å². The number of aliphatic hydroxyl groups is 1. The smallest absolute Gasteiger partial charge is 0.259 e. The van der Waals surface area contributed by atoms with Gasteiger partial charge in [0.2, 0.25) is 0 Å². The number of hydrogen-bond acceptors (Lipinski definition) is 4. The summed E-state index contributed by atoms with van der Waals surface area (Å²) >= 11 is 0. The summed E-state index contributed by atoms with van der Waals surface area (Å²) in [6, 6.07) is 19.0. The molecule has 5 heteroatoms. The number of benzene rings is 3. The van der Waals surface area contributed by atoms with Crippen LogP contribution in [0.25, 0.3) is 10.8 Å². The van der Waals surface area contributed by atoms with Gasteiger partial charge in [-0.3, -0.25) is 4.79 Å². The number of carbonyl (C=O) groups is 2. The quantitative estimate of drug-likeness (QED) is 0.637. The Morgan fingerprint density at radius 3 is 2.52 bits per heavy atom. The van der Waals surface area contributed by atoms with Gasteiger partial charge in [-0.25, -0.2) is 0 Å². The molecule has 1 heterocycles. The SMILES string of the molecule is CC(=O)CCc1ccc(OCC(O)CN2C(=O)c3cccc4cccc2c34)cc1. The maximum absolute atomic E-state index is 12.8. The van der Waals surface area contributed by atoms with Gasteiger partial charge in [0.05, 0.1) is 12.2 Å². The van der Waals surface area contributed by atoms with Crippen molar-refractivity contribution in [1.82, 2.24) is 0 Å². The van der Waals surface area contributed by atoms with E-state index in [4.69, 9.17) is 4.74 Å². The third kappa shape index (κ3) is 4.00. The molecule has 1 N–H and O–H groups in total. The molecule has 29 heavy (non-hydrogen) atoms. The third-order valence-corrected chi connectivity index (χ3v) is 5.17. The van der Waals surface area contributed by atoms with Crippen molar-refractivity contribution in [2.45, 2.75) is 25.9 Å². The van der Waals surface area contributed by atoms with Crippen LogP contribution >= 0.6 is 0 Å². The van der Waals surface area contributed by atoms with Crippen molar-refractivity contribution in [3.05, 3.63) is 71.8 Å². The topological polar surface area (TPSA) is 66.8 Å². The Morgan fingerprint density at radius 1 is 1.07 bits per heavy atom. The van der Waals surface area contributed by atoms with E-state index in [1.807, 2.05) is 60.7 Å². The number of nitrogens with zero attached hydrogens (tertiary/aromatic N) is 1. The van der Waals surface area contributed by atoms with Gasteiger partial charge in [-0.15, -0.1) is 0 Å². The molecule has 0 radical (unpaired) electrons. The van der Waals surface area contributed by atoms with E-state index in [9.17, 15) is 14.7 Å². The second kappa shape index (κ2) is 8.05. The first kappa shape index (κ1) is 19.2. The average molecular weight is 389 g/mol. The van der Waals surface area contributed by atoms with Crippen molar-refractivity contribution in [2.75, 3.05) is 18.1 Å². The normalized spacial score (nSPS) is 13.7. The summed E-state index contributed by atoms with van der Waals surface area (Å²) in [6.45, 7) is 1.84. The molecule has 1 aliphatic heterocycles. The maximum Gasteiger partial charge on any atom is 0.259 e. The minimum Gasteiger partial charge on any atom is -0.491 e. The van der Waals surface area contributed by atoms with Crippen molar-refractivity contribution in [3.63, 3.8) is 0 Å². The van der Waals surface area contributed by atoms with Crippen LogP contribution in [0.5, 0.6) is 5.75 Å². The molecular formula is C24H23NO4. The van der Waals surface area contributed by atoms with Gasteiger partial charge >= 0.3 is 0 Å². The van der Waals surface area contributed by atoms with Crippen molar-refractivity contribution in [2.24, 2.45) is 0 Å². The zero-order valence-electron chi connectivity index (χ0n) is 16.3. The van der Waals surface area contributed by atoms with Crippen molar-refractivity contribution in [3.8, 4) is 5.75 Å². The van der Waals surface area contributed by atoms with Gasteiger partial charge in [-0.2, -0.15) is 0 Å². The van der Waals surface area contributed by atoms with Gasteiger partial charge in [-0.05, 0) is 48.6 Å². The lowest BCUT2D eigenvalue weighted by atomic mass is 10.1. The number of rotatable bonds is 8. The van der Waals surface area contributed by atoms with E-state index >= 15 is 0 Å². The van der Waals surface area contributed by atoms with Crippen LogP contribution in [-0.2, 0) is 11.2 Å². The first-order valence-electron chi connectivity index (χ1n) is 9.76. The molecule has 5 nitrogen and oxygen atoms in total. The number of aryl methyl sites for hydroxylation is 1. The van der Waals surface area contributed by atoms with E-state index in [0.717, 1.165) is 22.0 Å². The van der Waals surface area contributed by atoms with E-state index in [-0.39, 0.29) is 24.8 Å². The monoisotopic (exact) mass is 389 g/mol. The Kier molecular flexibility index (Phi) is 5.32. The van der Waals surface area contributed by atoms with Crippen LogP contribution in [-0.4, -0.2) is 36.1 Å². The average Bonchev–Trinajstić information content (AvgIpc) is 2.99. The van der Waals surface area contributed by atoms with Gasteiger partial charge in [0.25, 0.3) is 5.91 Å². The predicted octanol–water partition coefficient (Wildman–Crippen LogP) is 3.76. The number of amides is 1. The van der Waals surface area contributed by atoms with Gasteiger partial charge in [0, 0.05) is 17.4 Å². The molecular weight excluding hydrogens is 366 g/mol. The van der Waals surface area contributed by atoms with Crippen LogP contribution in [0.4, 0.5) is 5.69 Å². The highest BCUT2D eigenvalue weighted by Gasteiger charge is 2.30. The maximum atomic E-state index is 12.8. The summed E-state index contributed by atoms with van der Waals surface area (Å²) in [7, 11) is 0. The molecule has 4 rings (SSSR count). The molecule has 3 aromatic rings. The summed E-state index contributed by atoms with van der Waals surface area (Å²) in [6.07, 6.45) is 0.417. The number of carbonyl (C=O) groups excluding carboxylic acids is 2. The van der Waals surface area contributed by atoms with Gasteiger partial charge in [0.15, 0.2) is 0 Å². The summed E-state index contributed by atoms with van der Waals surface area (Å²) in [5.74, 6) is 0.724. The summed E-state index contributed by atoms with van der Waals surface area (Å²) in [5.41, 5.74) is 2.57. The highest BCUT2D eigenvalue weighted by Crippen LogP contribution is 2.37. The third-order valence-electron chi connectivity index (χ3n) is 5.17. The van der Waals surface area contributed by atoms with Crippen LogP contribution in [0.15, 0.2) is 60.7 Å². The summed E-state index contributed by atoms with van der Waals surface area (Å²) < 4.78 is 5.69. The molecule has 1 unspecified atom stereocenters. The Bertz CT molecular complexity index is 1050. The Hall–Kier alpha value is -3.18. The molecule has 1 amide bonds.